The number of methoxy groups -OCH3 is 1. The summed E-state index contributed by atoms with van der Waals surface area (Å²) in [5, 5.41) is 0. The van der Waals surface area contributed by atoms with Gasteiger partial charge in [-0.3, -0.25) is 4.98 Å². The largest absolute Gasteiger partial charge is 0.464 e. The van der Waals surface area contributed by atoms with Crippen molar-refractivity contribution in [2.24, 2.45) is 11.8 Å². The fourth-order valence-electron chi connectivity index (χ4n) is 3.15. The molecule has 0 spiro atoms. The molecule has 1 saturated heterocycles. The fraction of sp³-hybridized carbons (Fsp3) is 0.438. The third-order valence-electron chi connectivity index (χ3n) is 4.53. The molecule has 2 aromatic rings. The molecule has 1 aliphatic carbocycles. The van der Waals surface area contributed by atoms with Crippen molar-refractivity contribution >= 4 is 11.7 Å². The van der Waals surface area contributed by atoms with Gasteiger partial charge in [-0.05, 0) is 30.4 Å². The van der Waals surface area contributed by atoms with E-state index in [2.05, 4.69) is 25.7 Å². The standard InChI is InChI=1S/C16H18N4O2/c1-22-16(21)15-9-19(10-18-15)8-13-2-3-14(5-17-13)20-6-11-4-12(11)7-20/h2-3,5,9-12H,4,6-8H2,1H3. The normalized spacial score (nSPS) is 22.5. The second kappa shape index (κ2) is 5.12. The summed E-state index contributed by atoms with van der Waals surface area (Å²) < 4.78 is 6.48. The minimum atomic E-state index is -0.422. The Morgan fingerprint density at radius 2 is 2.14 bits per heavy atom. The molecule has 2 atom stereocenters. The Balaban J connectivity index is 1.42. The number of esters is 1. The highest BCUT2D eigenvalue weighted by atomic mass is 16.5. The number of hydrogen-bond donors (Lipinski definition) is 0. The van der Waals surface area contributed by atoms with Gasteiger partial charge in [-0.1, -0.05) is 0 Å². The number of pyridine rings is 1. The first-order valence-corrected chi connectivity index (χ1v) is 7.53. The van der Waals surface area contributed by atoms with Crippen LogP contribution in [0.15, 0.2) is 30.9 Å². The Morgan fingerprint density at radius 3 is 2.82 bits per heavy atom. The van der Waals surface area contributed by atoms with E-state index in [1.54, 1.807) is 12.5 Å². The molecule has 2 unspecified atom stereocenters. The minimum absolute atomic E-state index is 0.315. The molecule has 22 heavy (non-hydrogen) atoms. The molecule has 0 aromatic carbocycles. The Hall–Kier alpha value is -2.37. The van der Waals surface area contributed by atoms with Gasteiger partial charge in [-0.15, -0.1) is 0 Å². The molecule has 0 amide bonds. The van der Waals surface area contributed by atoms with Gasteiger partial charge in [-0.2, -0.15) is 0 Å². The summed E-state index contributed by atoms with van der Waals surface area (Å²) in [6.45, 7) is 2.95. The lowest BCUT2D eigenvalue weighted by Gasteiger charge is -2.19. The number of hydrogen-bond acceptors (Lipinski definition) is 5. The SMILES string of the molecule is COC(=O)c1cn(Cc2ccc(N3CC4CC4C3)cn2)cn1. The minimum Gasteiger partial charge on any atom is -0.464 e. The zero-order valence-electron chi connectivity index (χ0n) is 12.5. The number of ether oxygens (including phenoxy) is 1. The van der Waals surface area contributed by atoms with Crippen molar-refractivity contribution in [2.75, 3.05) is 25.1 Å². The van der Waals surface area contributed by atoms with E-state index < -0.39 is 5.97 Å². The average Bonchev–Trinajstić information content (AvgIpc) is 2.96. The number of carbonyl (C=O) groups excluding carboxylic acids is 1. The maximum absolute atomic E-state index is 11.4. The van der Waals surface area contributed by atoms with E-state index in [0.717, 1.165) is 17.5 Å². The van der Waals surface area contributed by atoms with Crippen molar-refractivity contribution in [1.29, 1.82) is 0 Å². The summed E-state index contributed by atoms with van der Waals surface area (Å²) in [5.41, 5.74) is 2.47. The Labute approximate surface area is 128 Å². The number of piperidine rings is 1. The van der Waals surface area contributed by atoms with Gasteiger partial charge in [-0.25, -0.2) is 9.78 Å². The second-order valence-corrected chi connectivity index (χ2v) is 6.09. The van der Waals surface area contributed by atoms with Crippen LogP contribution in [0.2, 0.25) is 0 Å². The van der Waals surface area contributed by atoms with Crippen LogP contribution in [0.4, 0.5) is 5.69 Å². The van der Waals surface area contributed by atoms with Crippen molar-refractivity contribution in [3.05, 3.63) is 42.2 Å². The number of imidazole rings is 1. The third kappa shape index (κ3) is 2.45. The lowest BCUT2D eigenvalue weighted by atomic mass is 10.3. The van der Waals surface area contributed by atoms with E-state index in [1.807, 2.05) is 16.8 Å². The van der Waals surface area contributed by atoms with E-state index in [0.29, 0.717) is 12.2 Å². The van der Waals surface area contributed by atoms with Crippen molar-refractivity contribution < 1.29 is 9.53 Å². The van der Waals surface area contributed by atoms with Crippen LogP contribution in [0.3, 0.4) is 0 Å². The predicted octanol–water partition coefficient (Wildman–Crippen LogP) is 1.57. The maximum atomic E-state index is 11.4. The van der Waals surface area contributed by atoms with Crippen molar-refractivity contribution in [3.63, 3.8) is 0 Å². The van der Waals surface area contributed by atoms with Crippen LogP contribution >= 0.6 is 0 Å². The molecule has 4 rings (SSSR count). The van der Waals surface area contributed by atoms with Crippen LogP contribution in [-0.4, -0.2) is 40.7 Å². The molecular formula is C16H18N4O2. The molecule has 0 radical (unpaired) electrons. The number of rotatable bonds is 4. The number of anilines is 1. The molecule has 1 saturated carbocycles. The van der Waals surface area contributed by atoms with Gasteiger partial charge >= 0.3 is 5.97 Å². The summed E-state index contributed by atoms with van der Waals surface area (Å²) in [4.78, 5) is 22.4. The van der Waals surface area contributed by atoms with Crippen molar-refractivity contribution in [1.82, 2.24) is 14.5 Å². The summed E-state index contributed by atoms with van der Waals surface area (Å²) in [7, 11) is 1.35. The molecule has 2 fully saturated rings. The number of carbonyl (C=O) groups is 1. The lowest BCUT2D eigenvalue weighted by molar-refractivity contribution is 0.0594. The molecular weight excluding hydrogens is 280 g/mol. The van der Waals surface area contributed by atoms with E-state index in [9.17, 15) is 4.79 Å². The Bertz CT molecular complexity index is 684. The summed E-state index contributed by atoms with van der Waals surface area (Å²) in [5.74, 6) is 1.42. The van der Waals surface area contributed by atoms with Crippen LogP contribution < -0.4 is 4.90 Å². The van der Waals surface area contributed by atoms with Crippen molar-refractivity contribution in [2.45, 2.75) is 13.0 Å². The molecule has 0 bridgehead atoms. The number of nitrogens with zero attached hydrogens (tertiary/aromatic N) is 4. The second-order valence-electron chi connectivity index (χ2n) is 6.09. The highest BCUT2D eigenvalue weighted by molar-refractivity contribution is 5.86. The van der Waals surface area contributed by atoms with E-state index in [4.69, 9.17) is 0 Å². The summed E-state index contributed by atoms with van der Waals surface area (Å²) >= 11 is 0. The van der Waals surface area contributed by atoms with Gasteiger partial charge in [0.15, 0.2) is 5.69 Å². The van der Waals surface area contributed by atoms with Gasteiger partial charge < -0.3 is 14.2 Å². The molecule has 2 aliphatic rings. The molecule has 1 aliphatic heterocycles. The topological polar surface area (TPSA) is 60.2 Å². The van der Waals surface area contributed by atoms with E-state index in [1.165, 1.54) is 32.3 Å². The molecule has 6 heteroatoms. The van der Waals surface area contributed by atoms with Crippen LogP contribution in [0.5, 0.6) is 0 Å². The van der Waals surface area contributed by atoms with Crippen LogP contribution in [0.25, 0.3) is 0 Å². The maximum Gasteiger partial charge on any atom is 0.358 e. The molecule has 114 valence electrons. The van der Waals surface area contributed by atoms with Gasteiger partial charge in [0, 0.05) is 19.3 Å². The Morgan fingerprint density at radius 1 is 1.32 bits per heavy atom. The van der Waals surface area contributed by atoms with Crippen LogP contribution in [-0.2, 0) is 11.3 Å². The van der Waals surface area contributed by atoms with Crippen molar-refractivity contribution in [3.8, 4) is 0 Å². The summed E-state index contributed by atoms with van der Waals surface area (Å²) in [6, 6.07) is 4.17. The number of fused-ring (bicyclic) bond motifs is 1. The van der Waals surface area contributed by atoms with Crippen LogP contribution in [0, 0.1) is 11.8 Å². The van der Waals surface area contributed by atoms with Crippen LogP contribution in [0.1, 0.15) is 22.6 Å². The first-order chi connectivity index (χ1) is 10.7. The molecule has 2 aromatic heterocycles. The zero-order chi connectivity index (χ0) is 15.1. The smallest absolute Gasteiger partial charge is 0.358 e. The fourth-order valence-corrected chi connectivity index (χ4v) is 3.15. The predicted molar refractivity (Wildman–Crippen MR) is 80.7 cm³/mol. The van der Waals surface area contributed by atoms with E-state index in [-0.39, 0.29) is 0 Å². The van der Waals surface area contributed by atoms with E-state index >= 15 is 0 Å². The molecule has 0 N–H and O–H groups in total. The van der Waals surface area contributed by atoms with Gasteiger partial charge in [0.25, 0.3) is 0 Å². The van der Waals surface area contributed by atoms with Gasteiger partial charge in [0.2, 0.25) is 0 Å². The first-order valence-electron chi connectivity index (χ1n) is 7.53. The average molecular weight is 298 g/mol. The Kier molecular flexibility index (Phi) is 3.10. The highest BCUT2D eigenvalue weighted by Gasteiger charge is 2.45. The molecule has 3 heterocycles. The first kappa shape index (κ1) is 13.3. The van der Waals surface area contributed by atoms with Gasteiger partial charge in [0.1, 0.15) is 0 Å². The van der Waals surface area contributed by atoms with Gasteiger partial charge in [0.05, 0.1) is 37.6 Å². The highest BCUT2D eigenvalue weighted by Crippen LogP contribution is 2.46. The third-order valence-corrected chi connectivity index (χ3v) is 4.53. The molecule has 6 nitrogen and oxygen atoms in total. The summed E-state index contributed by atoms with van der Waals surface area (Å²) in [6.07, 6.45) is 6.65. The monoisotopic (exact) mass is 298 g/mol. The zero-order valence-corrected chi connectivity index (χ0v) is 12.5. The lowest BCUT2D eigenvalue weighted by Crippen LogP contribution is -2.21. The quantitative estimate of drug-likeness (QED) is 0.802. The number of aromatic nitrogens is 3.